The predicted molar refractivity (Wildman–Crippen MR) is 128 cm³/mol. The normalized spacial score (nSPS) is 17.7. The summed E-state index contributed by atoms with van der Waals surface area (Å²) in [6, 6.07) is 10.7. The first-order valence-electron chi connectivity index (χ1n) is 11.6. The van der Waals surface area contributed by atoms with Gasteiger partial charge in [-0.1, -0.05) is 30.3 Å². The van der Waals surface area contributed by atoms with E-state index in [1.54, 1.807) is 0 Å². The fourth-order valence-electron chi connectivity index (χ4n) is 4.45. The third kappa shape index (κ3) is 4.84. The van der Waals surface area contributed by atoms with Crippen LogP contribution in [-0.2, 0) is 11.3 Å². The minimum absolute atomic E-state index is 0.424. The van der Waals surface area contributed by atoms with Crippen LogP contribution in [0.1, 0.15) is 18.4 Å². The second-order valence-electron chi connectivity index (χ2n) is 8.78. The molecule has 0 bridgehead atoms. The first-order chi connectivity index (χ1) is 16.2. The van der Waals surface area contributed by atoms with E-state index in [9.17, 15) is 0 Å². The van der Waals surface area contributed by atoms with Crippen molar-refractivity contribution in [3.63, 3.8) is 0 Å². The van der Waals surface area contributed by atoms with Crippen LogP contribution in [0, 0.1) is 0 Å². The van der Waals surface area contributed by atoms with E-state index in [0.717, 1.165) is 61.9 Å². The highest BCUT2D eigenvalue weighted by Crippen LogP contribution is 2.31. The Morgan fingerprint density at radius 2 is 1.70 bits per heavy atom. The van der Waals surface area contributed by atoms with Gasteiger partial charge in [-0.15, -0.1) is 0 Å². The van der Waals surface area contributed by atoms with E-state index < -0.39 is 0 Å². The van der Waals surface area contributed by atoms with E-state index in [1.165, 1.54) is 6.33 Å². The van der Waals surface area contributed by atoms with Crippen molar-refractivity contribution in [2.45, 2.75) is 25.5 Å². The van der Waals surface area contributed by atoms with Crippen molar-refractivity contribution >= 4 is 22.8 Å². The first-order valence-corrected chi connectivity index (χ1v) is 11.6. The van der Waals surface area contributed by atoms with Crippen LogP contribution in [0.25, 0.3) is 11.0 Å². The van der Waals surface area contributed by atoms with Crippen LogP contribution < -0.4 is 14.5 Å². The Kier molecular flexibility index (Phi) is 6.50. The number of aromatic nitrogens is 4. The third-order valence-corrected chi connectivity index (χ3v) is 6.42. The van der Waals surface area contributed by atoms with Crippen molar-refractivity contribution in [1.82, 2.24) is 24.8 Å². The van der Waals surface area contributed by atoms with Gasteiger partial charge in [0.15, 0.2) is 11.3 Å². The molecule has 2 aromatic heterocycles. The van der Waals surface area contributed by atoms with Gasteiger partial charge in [-0.05, 0) is 32.5 Å². The quantitative estimate of drug-likeness (QED) is 0.563. The van der Waals surface area contributed by atoms with E-state index in [2.05, 4.69) is 38.8 Å². The molecule has 2 aliphatic heterocycles. The average Bonchev–Trinajstić information content (AvgIpc) is 2.88. The Labute approximate surface area is 194 Å². The molecule has 3 aromatic rings. The Morgan fingerprint density at radius 1 is 0.939 bits per heavy atom. The van der Waals surface area contributed by atoms with Gasteiger partial charge in [0.25, 0.3) is 0 Å². The maximum atomic E-state index is 6.13. The molecule has 0 spiro atoms. The van der Waals surface area contributed by atoms with E-state index >= 15 is 0 Å². The van der Waals surface area contributed by atoms with Crippen LogP contribution in [0.4, 0.5) is 11.8 Å². The van der Waals surface area contributed by atoms with Crippen LogP contribution in [0.2, 0.25) is 0 Å². The Hall–Kier alpha value is -3.04. The van der Waals surface area contributed by atoms with Crippen molar-refractivity contribution in [3.8, 4) is 5.88 Å². The highest BCUT2D eigenvalue weighted by Gasteiger charge is 2.26. The highest BCUT2D eigenvalue weighted by molar-refractivity contribution is 5.90. The van der Waals surface area contributed by atoms with Crippen molar-refractivity contribution in [2.75, 3.05) is 63.3 Å². The summed E-state index contributed by atoms with van der Waals surface area (Å²) < 4.78 is 11.7. The molecule has 0 amide bonds. The number of hydrogen-bond acceptors (Lipinski definition) is 9. The van der Waals surface area contributed by atoms with Crippen molar-refractivity contribution in [2.24, 2.45) is 0 Å². The van der Waals surface area contributed by atoms with Gasteiger partial charge >= 0.3 is 0 Å². The largest absolute Gasteiger partial charge is 0.471 e. The zero-order chi connectivity index (χ0) is 22.6. The molecule has 9 nitrogen and oxygen atoms in total. The maximum Gasteiger partial charge on any atom is 0.244 e. The highest BCUT2D eigenvalue weighted by atomic mass is 16.5. The van der Waals surface area contributed by atoms with Gasteiger partial charge in [-0.3, -0.25) is 0 Å². The Bertz CT molecular complexity index is 1070. The standard InChI is InChI=1S/C24H31N7O2/c1-29(2)19-8-10-31(11-9-19)24-27-21-20(22(28-24)30-12-14-32-15-13-30)25-17-26-23(21)33-16-18-6-4-3-5-7-18/h3-7,17,19H,8-16H2,1-2H3. The lowest BCUT2D eigenvalue weighted by atomic mass is 10.0. The molecule has 0 saturated carbocycles. The SMILES string of the molecule is CN(C)C1CCN(c2nc(N3CCOCC3)c3ncnc(OCc4ccccc4)c3n2)CC1. The first kappa shape index (κ1) is 21.8. The minimum Gasteiger partial charge on any atom is -0.471 e. The molecule has 2 saturated heterocycles. The lowest BCUT2D eigenvalue weighted by molar-refractivity contribution is 0.122. The van der Waals surface area contributed by atoms with Gasteiger partial charge in [0, 0.05) is 32.2 Å². The van der Waals surface area contributed by atoms with Crippen LogP contribution in [0.3, 0.4) is 0 Å². The lowest BCUT2D eigenvalue weighted by Gasteiger charge is -2.36. The van der Waals surface area contributed by atoms with Gasteiger partial charge < -0.3 is 24.2 Å². The number of ether oxygens (including phenoxy) is 2. The Morgan fingerprint density at radius 3 is 2.42 bits per heavy atom. The zero-order valence-electron chi connectivity index (χ0n) is 19.4. The van der Waals surface area contributed by atoms with Crippen LogP contribution >= 0.6 is 0 Å². The molecule has 0 radical (unpaired) electrons. The summed E-state index contributed by atoms with van der Waals surface area (Å²) in [6.45, 7) is 5.18. The van der Waals surface area contributed by atoms with Crippen LogP contribution in [0.5, 0.6) is 5.88 Å². The fourth-order valence-corrected chi connectivity index (χ4v) is 4.45. The van der Waals surface area contributed by atoms with Crippen LogP contribution in [-0.4, -0.2) is 84.4 Å². The summed E-state index contributed by atoms with van der Waals surface area (Å²) in [5.74, 6) is 2.05. The van der Waals surface area contributed by atoms with Gasteiger partial charge in [0.2, 0.25) is 11.8 Å². The number of benzene rings is 1. The molecule has 2 fully saturated rings. The topological polar surface area (TPSA) is 79.7 Å². The second kappa shape index (κ2) is 9.84. The Balaban J connectivity index is 1.50. The summed E-state index contributed by atoms with van der Waals surface area (Å²) in [5.41, 5.74) is 2.47. The molecule has 174 valence electrons. The number of hydrogen-bond donors (Lipinski definition) is 0. The molecular weight excluding hydrogens is 418 g/mol. The molecule has 0 atom stereocenters. The lowest BCUT2D eigenvalue weighted by Crippen LogP contribution is -2.43. The molecular formula is C24H31N7O2. The van der Waals surface area contributed by atoms with Crippen molar-refractivity contribution < 1.29 is 9.47 Å². The molecule has 0 aliphatic carbocycles. The van der Waals surface area contributed by atoms with Gasteiger partial charge in [0.1, 0.15) is 18.5 Å². The number of fused-ring (bicyclic) bond motifs is 1. The van der Waals surface area contributed by atoms with Crippen molar-refractivity contribution in [3.05, 3.63) is 42.2 Å². The van der Waals surface area contributed by atoms with Crippen LogP contribution in [0.15, 0.2) is 36.7 Å². The predicted octanol–water partition coefficient (Wildman–Crippen LogP) is 2.37. The second-order valence-corrected chi connectivity index (χ2v) is 8.78. The van der Waals surface area contributed by atoms with E-state index in [-0.39, 0.29) is 0 Å². The molecule has 2 aliphatic rings. The number of rotatable bonds is 6. The molecule has 5 rings (SSSR count). The minimum atomic E-state index is 0.424. The van der Waals surface area contributed by atoms with Gasteiger partial charge in [0.05, 0.1) is 13.2 Å². The molecule has 1 aromatic carbocycles. The smallest absolute Gasteiger partial charge is 0.244 e. The summed E-state index contributed by atoms with van der Waals surface area (Å²) in [5, 5.41) is 0. The van der Waals surface area contributed by atoms with Crippen molar-refractivity contribution in [1.29, 1.82) is 0 Å². The molecule has 0 unspecified atom stereocenters. The zero-order valence-corrected chi connectivity index (χ0v) is 19.4. The molecule has 9 heteroatoms. The number of piperidine rings is 1. The summed E-state index contributed by atoms with van der Waals surface area (Å²) in [6.07, 6.45) is 3.71. The number of morpholine rings is 1. The van der Waals surface area contributed by atoms with E-state index in [4.69, 9.17) is 19.4 Å². The molecule has 4 heterocycles. The molecule has 0 N–H and O–H groups in total. The van der Waals surface area contributed by atoms with E-state index in [1.807, 2.05) is 30.3 Å². The average molecular weight is 450 g/mol. The number of nitrogens with zero attached hydrogens (tertiary/aromatic N) is 7. The fraction of sp³-hybridized carbons (Fsp3) is 0.500. The van der Waals surface area contributed by atoms with E-state index in [0.29, 0.717) is 37.3 Å². The monoisotopic (exact) mass is 449 g/mol. The summed E-state index contributed by atoms with van der Waals surface area (Å²) >= 11 is 0. The number of anilines is 2. The summed E-state index contributed by atoms with van der Waals surface area (Å²) in [4.78, 5) is 25.8. The van der Waals surface area contributed by atoms with Gasteiger partial charge in [-0.25, -0.2) is 9.97 Å². The van der Waals surface area contributed by atoms with Gasteiger partial charge in [-0.2, -0.15) is 9.97 Å². The third-order valence-electron chi connectivity index (χ3n) is 6.42. The molecule has 33 heavy (non-hydrogen) atoms. The maximum absolute atomic E-state index is 6.13. The summed E-state index contributed by atoms with van der Waals surface area (Å²) in [7, 11) is 4.30.